The topological polar surface area (TPSA) is 59.3 Å². The molecule has 0 radical (unpaired) electrons. The van der Waals surface area contributed by atoms with Crippen LogP contribution < -0.4 is 5.32 Å². The van der Waals surface area contributed by atoms with Gasteiger partial charge in [-0.2, -0.15) is 0 Å². The first-order valence-corrected chi connectivity index (χ1v) is 12.4. The van der Waals surface area contributed by atoms with Crippen LogP contribution in [0.5, 0.6) is 0 Å². The van der Waals surface area contributed by atoms with Crippen molar-refractivity contribution in [3.63, 3.8) is 0 Å². The molecule has 0 unspecified atom stereocenters. The molecule has 1 aliphatic heterocycles. The highest BCUT2D eigenvalue weighted by atomic mass is 35.5. The van der Waals surface area contributed by atoms with E-state index in [1.165, 1.54) is 0 Å². The lowest BCUT2D eigenvalue weighted by Crippen LogP contribution is -2.43. The van der Waals surface area contributed by atoms with Gasteiger partial charge in [-0.25, -0.2) is 0 Å². The molecule has 180 valence electrons. The highest BCUT2D eigenvalue weighted by Crippen LogP contribution is 2.25. The smallest absolute Gasteiger partial charge is 0.270 e. The van der Waals surface area contributed by atoms with Gasteiger partial charge >= 0.3 is 0 Å². The van der Waals surface area contributed by atoms with Crippen LogP contribution >= 0.6 is 11.6 Å². The molecule has 4 aromatic rings. The number of para-hydroxylation sites is 1. The molecule has 2 aromatic heterocycles. The summed E-state index contributed by atoms with van der Waals surface area (Å²) in [6.07, 6.45) is 5.32. The summed E-state index contributed by atoms with van der Waals surface area (Å²) < 4.78 is 4.05. The quantitative estimate of drug-likeness (QED) is 0.422. The second-order valence-corrected chi connectivity index (χ2v) is 9.71. The summed E-state index contributed by atoms with van der Waals surface area (Å²) in [4.78, 5) is 28.2. The van der Waals surface area contributed by atoms with E-state index in [1.54, 1.807) is 0 Å². The molecule has 2 amide bonds. The van der Waals surface area contributed by atoms with Crippen molar-refractivity contribution >= 4 is 34.3 Å². The van der Waals surface area contributed by atoms with Crippen LogP contribution in [-0.4, -0.2) is 38.9 Å². The Labute approximate surface area is 210 Å². The molecule has 7 heteroatoms. The molecule has 0 spiro atoms. The number of benzene rings is 2. The molecule has 0 atom stereocenters. The van der Waals surface area contributed by atoms with E-state index < -0.39 is 0 Å². The van der Waals surface area contributed by atoms with Crippen molar-refractivity contribution in [2.45, 2.75) is 25.9 Å². The first-order valence-electron chi connectivity index (χ1n) is 12.0. The highest BCUT2D eigenvalue weighted by molar-refractivity contribution is 6.30. The highest BCUT2D eigenvalue weighted by Gasteiger charge is 2.29. The van der Waals surface area contributed by atoms with E-state index in [9.17, 15) is 9.59 Å². The Morgan fingerprint density at radius 3 is 2.46 bits per heavy atom. The molecular weight excluding hydrogens is 460 g/mol. The summed E-state index contributed by atoms with van der Waals surface area (Å²) in [5.41, 5.74) is 3.87. The third kappa shape index (κ3) is 5.13. The maximum absolute atomic E-state index is 13.6. The van der Waals surface area contributed by atoms with Gasteiger partial charge in [-0.1, -0.05) is 41.9 Å². The summed E-state index contributed by atoms with van der Waals surface area (Å²) in [5.74, 6) is 0.0128. The molecule has 35 heavy (non-hydrogen) atoms. The van der Waals surface area contributed by atoms with Crippen LogP contribution in [0.2, 0.25) is 5.02 Å². The lowest BCUT2D eigenvalue weighted by atomic mass is 9.95. The number of carbonyl (C=O) groups excluding carboxylic acids is 2. The fourth-order valence-corrected chi connectivity index (χ4v) is 4.96. The van der Waals surface area contributed by atoms with Crippen molar-refractivity contribution in [3.8, 4) is 0 Å². The average molecular weight is 489 g/mol. The van der Waals surface area contributed by atoms with Gasteiger partial charge in [-0.15, -0.1) is 0 Å². The van der Waals surface area contributed by atoms with Gasteiger partial charge in [-0.05, 0) is 54.3 Å². The summed E-state index contributed by atoms with van der Waals surface area (Å²) in [7, 11) is 1.97. The number of halogens is 1. The number of hydrogen-bond donors (Lipinski definition) is 1. The Kier molecular flexibility index (Phi) is 6.64. The Hall–Kier alpha value is -3.51. The lowest BCUT2D eigenvalue weighted by molar-refractivity contribution is -0.126. The van der Waals surface area contributed by atoms with Crippen molar-refractivity contribution in [1.29, 1.82) is 0 Å². The number of likely N-dealkylation sites (tertiary alicyclic amines) is 1. The number of carbonyl (C=O) groups is 2. The van der Waals surface area contributed by atoms with Crippen molar-refractivity contribution in [2.75, 3.05) is 13.1 Å². The number of hydrogen-bond acceptors (Lipinski definition) is 2. The number of fused-ring (bicyclic) bond motifs is 1. The molecule has 0 aliphatic carbocycles. The Morgan fingerprint density at radius 1 is 1.00 bits per heavy atom. The van der Waals surface area contributed by atoms with Gasteiger partial charge in [0.05, 0.1) is 0 Å². The Bertz CT molecular complexity index is 1350. The maximum Gasteiger partial charge on any atom is 0.270 e. The normalized spacial score (nSPS) is 14.4. The molecular formula is C28H29ClN4O2. The van der Waals surface area contributed by atoms with E-state index in [-0.39, 0.29) is 17.7 Å². The van der Waals surface area contributed by atoms with E-state index in [0.717, 1.165) is 22.0 Å². The van der Waals surface area contributed by atoms with Gasteiger partial charge in [0.15, 0.2) is 0 Å². The van der Waals surface area contributed by atoms with Gasteiger partial charge in [-0.3, -0.25) is 9.59 Å². The fourth-order valence-electron chi connectivity index (χ4n) is 4.84. The minimum Gasteiger partial charge on any atom is -0.357 e. The molecule has 1 N–H and O–H groups in total. The van der Waals surface area contributed by atoms with E-state index in [4.69, 9.17) is 11.6 Å². The number of piperidine rings is 1. The van der Waals surface area contributed by atoms with Crippen LogP contribution in [-0.2, 0) is 24.9 Å². The van der Waals surface area contributed by atoms with Crippen LogP contribution in [0.15, 0.2) is 73.1 Å². The zero-order valence-corrected chi connectivity index (χ0v) is 20.5. The second-order valence-electron chi connectivity index (χ2n) is 9.27. The van der Waals surface area contributed by atoms with Crippen LogP contribution in [0.25, 0.3) is 10.9 Å². The second kappa shape index (κ2) is 10.0. The zero-order valence-electron chi connectivity index (χ0n) is 19.8. The fraction of sp³-hybridized carbons (Fsp3) is 0.286. The van der Waals surface area contributed by atoms with Crippen LogP contribution in [0.4, 0.5) is 0 Å². The molecule has 5 rings (SSSR count). The van der Waals surface area contributed by atoms with Crippen LogP contribution in [0, 0.1) is 5.92 Å². The minimum absolute atomic E-state index is 0.0123. The molecule has 6 nitrogen and oxygen atoms in total. The molecule has 1 aliphatic rings. The van der Waals surface area contributed by atoms with Crippen molar-refractivity contribution < 1.29 is 9.59 Å². The van der Waals surface area contributed by atoms with Crippen LogP contribution in [0.1, 0.15) is 34.5 Å². The number of aromatic nitrogens is 2. The number of nitrogens with one attached hydrogen (secondary N) is 1. The molecule has 1 saturated heterocycles. The Balaban J connectivity index is 1.27. The summed E-state index contributed by atoms with van der Waals surface area (Å²) in [5, 5.41) is 4.78. The van der Waals surface area contributed by atoms with E-state index in [1.807, 2.05) is 89.6 Å². The Morgan fingerprint density at radius 2 is 1.74 bits per heavy atom. The summed E-state index contributed by atoms with van der Waals surface area (Å²) in [6.45, 7) is 2.27. The average Bonchev–Trinajstić information content (AvgIpc) is 3.47. The number of amides is 2. The van der Waals surface area contributed by atoms with Crippen molar-refractivity contribution in [2.24, 2.45) is 13.0 Å². The minimum atomic E-state index is -0.0670. The maximum atomic E-state index is 13.6. The van der Waals surface area contributed by atoms with Gasteiger partial charge in [0, 0.05) is 67.5 Å². The van der Waals surface area contributed by atoms with E-state index in [0.29, 0.717) is 49.7 Å². The predicted octanol–water partition coefficient (Wildman–Crippen LogP) is 4.85. The first kappa shape index (κ1) is 23.2. The van der Waals surface area contributed by atoms with Crippen molar-refractivity contribution in [3.05, 3.63) is 94.9 Å². The third-order valence-electron chi connectivity index (χ3n) is 6.80. The lowest BCUT2D eigenvalue weighted by Gasteiger charge is -2.31. The van der Waals surface area contributed by atoms with Gasteiger partial charge in [0.25, 0.3) is 5.91 Å². The zero-order chi connectivity index (χ0) is 24.4. The summed E-state index contributed by atoms with van der Waals surface area (Å²) in [6, 6.07) is 19.8. The molecule has 0 bridgehead atoms. The third-order valence-corrected chi connectivity index (χ3v) is 7.05. The van der Waals surface area contributed by atoms with E-state index in [2.05, 4.69) is 9.88 Å². The van der Waals surface area contributed by atoms with E-state index >= 15 is 0 Å². The number of nitrogens with zero attached hydrogens (tertiary/aromatic N) is 3. The standard InChI is InChI=1S/C28H29ClN4O2/c1-31-13-10-21(18-31)17-30-27(34)22-11-14-32(15-12-22)28(35)26-16-23-4-2-3-5-25(23)33(26)19-20-6-8-24(29)9-7-20/h2-10,13,16,18,22H,11-12,14-15,17,19H2,1H3,(H,30,34). The van der Waals surface area contributed by atoms with Gasteiger partial charge in [0.1, 0.15) is 5.69 Å². The molecule has 1 fully saturated rings. The monoisotopic (exact) mass is 488 g/mol. The van der Waals surface area contributed by atoms with Crippen LogP contribution in [0.3, 0.4) is 0 Å². The summed E-state index contributed by atoms with van der Waals surface area (Å²) >= 11 is 6.06. The molecule has 3 heterocycles. The van der Waals surface area contributed by atoms with Gasteiger partial charge in [0.2, 0.25) is 5.91 Å². The van der Waals surface area contributed by atoms with Gasteiger partial charge < -0.3 is 19.4 Å². The molecule has 0 saturated carbocycles. The SMILES string of the molecule is Cn1ccc(CNC(=O)C2CCN(C(=O)c3cc4ccccc4n3Cc3ccc(Cl)cc3)CC2)c1. The number of rotatable bonds is 6. The largest absolute Gasteiger partial charge is 0.357 e. The number of aryl methyl sites for hydroxylation is 1. The van der Waals surface area contributed by atoms with Crippen molar-refractivity contribution in [1.82, 2.24) is 19.4 Å². The molecule has 2 aromatic carbocycles. The first-order chi connectivity index (χ1) is 17.0. The predicted molar refractivity (Wildman–Crippen MR) is 138 cm³/mol.